The van der Waals surface area contributed by atoms with Crippen LogP contribution < -0.4 is 16.2 Å². The van der Waals surface area contributed by atoms with Crippen molar-refractivity contribution in [3.8, 4) is 0 Å². The number of para-hydroxylation sites is 1. The molecule has 3 amide bonds. The Kier molecular flexibility index (Phi) is 5.92. The first-order valence-corrected chi connectivity index (χ1v) is 9.84. The van der Waals surface area contributed by atoms with E-state index in [0.29, 0.717) is 0 Å². The Balaban J connectivity index is 1.38. The van der Waals surface area contributed by atoms with E-state index < -0.39 is 0 Å². The SMILES string of the molecule is O=C(CSc1nc2ccccc2s1)NNC(=O)NC1CCCCC1. The number of aromatic nitrogens is 1. The Bertz CT molecular complexity index is 680. The number of thiazole rings is 1. The van der Waals surface area contributed by atoms with Crippen LogP contribution >= 0.6 is 23.1 Å². The molecule has 3 N–H and O–H groups in total. The molecule has 0 bridgehead atoms. The predicted molar refractivity (Wildman–Crippen MR) is 97.0 cm³/mol. The maximum absolute atomic E-state index is 11.8. The van der Waals surface area contributed by atoms with Crippen molar-refractivity contribution in [2.45, 2.75) is 42.5 Å². The minimum Gasteiger partial charge on any atom is -0.334 e. The number of carbonyl (C=O) groups excluding carboxylic acids is 2. The van der Waals surface area contributed by atoms with Gasteiger partial charge in [0, 0.05) is 6.04 Å². The Morgan fingerprint density at radius 2 is 1.96 bits per heavy atom. The van der Waals surface area contributed by atoms with Crippen LogP contribution in [0, 0.1) is 0 Å². The van der Waals surface area contributed by atoms with Gasteiger partial charge in [-0.2, -0.15) is 0 Å². The van der Waals surface area contributed by atoms with E-state index in [0.717, 1.165) is 40.2 Å². The van der Waals surface area contributed by atoms with Gasteiger partial charge in [0.1, 0.15) is 0 Å². The van der Waals surface area contributed by atoms with Crippen LogP contribution in [0.2, 0.25) is 0 Å². The molecule has 1 fully saturated rings. The van der Waals surface area contributed by atoms with Crippen molar-refractivity contribution in [1.82, 2.24) is 21.2 Å². The molecule has 0 radical (unpaired) electrons. The summed E-state index contributed by atoms with van der Waals surface area (Å²) in [7, 11) is 0. The zero-order chi connectivity index (χ0) is 16.8. The predicted octanol–water partition coefficient (Wildman–Crippen LogP) is 3.05. The number of rotatable bonds is 4. The van der Waals surface area contributed by atoms with Crippen molar-refractivity contribution >= 4 is 45.3 Å². The molecule has 6 nitrogen and oxygen atoms in total. The van der Waals surface area contributed by atoms with Gasteiger partial charge in [-0.05, 0) is 25.0 Å². The largest absolute Gasteiger partial charge is 0.334 e. The van der Waals surface area contributed by atoms with Gasteiger partial charge in [-0.3, -0.25) is 10.2 Å². The Labute approximate surface area is 148 Å². The molecule has 1 aromatic carbocycles. The van der Waals surface area contributed by atoms with Crippen molar-refractivity contribution in [2.75, 3.05) is 5.75 Å². The Morgan fingerprint density at radius 1 is 1.17 bits per heavy atom. The van der Waals surface area contributed by atoms with E-state index in [1.165, 1.54) is 18.2 Å². The number of hydrogen-bond acceptors (Lipinski definition) is 5. The van der Waals surface area contributed by atoms with Crippen molar-refractivity contribution in [3.63, 3.8) is 0 Å². The van der Waals surface area contributed by atoms with Gasteiger partial charge < -0.3 is 5.32 Å². The van der Waals surface area contributed by atoms with Crippen LogP contribution in [0.15, 0.2) is 28.6 Å². The lowest BCUT2D eigenvalue weighted by Crippen LogP contribution is -2.50. The van der Waals surface area contributed by atoms with E-state index in [1.54, 1.807) is 11.3 Å². The average molecular weight is 364 g/mol. The summed E-state index contributed by atoms with van der Waals surface area (Å²) in [5.41, 5.74) is 5.78. The first kappa shape index (κ1) is 17.0. The normalized spacial score (nSPS) is 15.2. The van der Waals surface area contributed by atoms with E-state index in [-0.39, 0.29) is 23.7 Å². The van der Waals surface area contributed by atoms with Gasteiger partial charge in [0.25, 0.3) is 0 Å². The lowest BCUT2D eigenvalue weighted by Gasteiger charge is -2.22. The number of hydrazine groups is 1. The summed E-state index contributed by atoms with van der Waals surface area (Å²) in [4.78, 5) is 28.0. The standard InChI is InChI=1S/C16H20N4O2S2/c21-14(19-20-15(22)17-11-6-2-1-3-7-11)10-23-16-18-12-8-4-5-9-13(12)24-16/h4-5,8-9,11H,1-3,6-7,10H2,(H,19,21)(H2,17,20,22). The molecular formula is C16H20N4O2S2. The highest BCUT2D eigenvalue weighted by atomic mass is 32.2. The highest BCUT2D eigenvalue weighted by Crippen LogP contribution is 2.28. The molecule has 0 atom stereocenters. The molecule has 1 heterocycles. The molecule has 24 heavy (non-hydrogen) atoms. The Hall–Kier alpha value is -1.80. The molecule has 0 aliphatic heterocycles. The van der Waals surface area contributed by atoms with Crippen LogP contribution in [0.25, 0.3) is 10.2 Å². The van der Waals surface area contributed by atoms with Crippen molar-refractivity contribution in [2.24, 2.45) is 0 Å². The highest BCUT2D eigenvalue weighted by Gasteiger charge is 2.15. The third-order valence-electron chi connectivity index (χ3n) is 3.86. The van der Waals surface area contributed by atoms with Gasteiger partial charge in [-0.15, -0.1) is 11.3 Å². The van der Waals surface area contributed by atoms with Gasteiger partial charge in [0.2, 0.25) is 5.91 Å². The molecule has 128 valence electrons. The van der Waals surface area contributed by atoms with E-state index in [4.69, 9.17) is 0 Å². The minimum absolute atomic E-state index is 0.212. The Morgan fingerprint density at radius 3 is 2.75 bits per heavy atom. The summed E-state index contributed by atoms with van der Waals surface area (Å²) in [6, 6.07) is 7.74. The zero-order valence-corrected chi connectivity index (χ0v) is 14.8. The maximum atomic E-state index is 11.8. The fourth-order valence-electron chi connectivity index (χ4n) is 2.67. The molecule has 1 aliphatic carbocycles. The first-order valence-electron chi connectivity index (χ1n) is 8.04. The summed E-state index contributed by atoms with van der Waals surface area (Å²) < 4.78 is 1.95. The molecule has 8 heteroatoms. The number of amides is 3. The van der Waals surface area contributed by atoms with E-state index in [1.807, 2.05) is 24.3 Å². The van der Waals surface area contributed by atoms with Crippen LogP contribution in [0.3, 0.4) is 0 Å². The van der Waals surface area contributed by atoms with Crippen molar-refractivity contribution < 1.29 is 9.59 Å². The number of nitrogens with zero attached hydrogens (tertiary/aromatic N) is 1. The molecule has 1 saturated carbocycles. The lowest BCUT2D eigenvalue weighted by atomic mass is 9.96. The molecule has 0 saturated heterocycles. The van der Waals surface area contributed by atoms with Gasteiger partial charge in [-0.1, -0.05) is 43.2 Å². The molecule has 2 aromatic rings. The van der Waals surface area contributed by atoms with Crippen LogP contribution in [0.5, 0.6) is 0 Å². The van der Waals surface area contributed by atoms with E-state index in [9.17, 15) is 9.59 Å². The van der Waals surface area contributed by atoms with E-state index >= 15 is 0 Å². The number of thioether (sulfide) groups is 1. The summed E-state index contributed by atoms with van der Waals surface area (Å²) in [5.74, 6) is -0.0400. The van der Waals surface area contributed by atoms with Crippen molar-refractivity contribution in [3.05, 3.63) is 24.3 Å². The number of nitrogens with one attached hydrogen (secondary N) is 3. The quantitative estimate of drug-likeness (QED) is 0.575. The second-order valence-corrected chi connectivity index (χ2v) is 7.97. The van der Waals surface area contributed by atoms with E-state index in [2.05, 4.69) is 21.2 Å². The second kappa shape index (κ2) is 8.34. The van der Waals surface area contributed by atoms with Gasteiger partial charge in [-0.25, -0.2) is 15.2 Å². The molecule has 0 spiro atoms. The van der Waals surface area contributed by atoms with Crippen LogP contribution in [-0.4, -0.2) is 28.7 Å². The lowest BCUT2D eigenvalue weighted by molar-refractivity contribution is -0.119. The molecule has 0 unspecified atom stereocenters. The fourth-order valence-corrected chi connectivity index (χ4v) is 4.54. The summed E-state index contributed by atoms with van der Waals surface area (Å²) in [6.07, 6.45) is 5.55. The molecule has 3 rings (SSSR count). The topological polar surface area (TPSA) is 83.1 Å². The number of urea groups is 1. The molecular weight excluding hydrogens is 344 g/mol. The van der Waals surface area contributed by atoms with Crippen molar-refractivity contribution in [1.29, 1.82) is 0 Å². The van der Waals surface area contributed by atoms with Crippen LogP contribution in [-0.2, 0) is 4.79 Å². The number of hydrogen-bond donors (Lipinski definition) is 3. The number of carbonyl (C=O) groups is 2. The molecule has 1 aromatic heterocycles. The van der Waals surface area contributed by atoms with Gasteiger partial charge >= 0.3 is 6.03 Å². The minimum atomic E-state index is -0.347. The third-order valence-corrected chi connectivity index (χ3v) is 6.04. The maximum Gasteiger partial charge on any atom is 0.333 e. The number of benzene rings is 1. The average Bonchev–Trinajstić information content (AvgIpc) is 3.02. The summed E-state index contributed by atoms with van der Waals surface area (Å²) >= 11 is 2.92. The first-order chi connectivity index (χ1) is 11.7. The van der Waals surface area contributed by atoms with Gasteiger partial charge in [0.05, 0.1) is 16.0 Å². The highest BCUT2D eigenvalue weighted by molar-refractivity contribution is 8.01. The summed E-state index contributed by atoms with van der Waals surface area (Å²) in [6.45, 7) is 0. The zero-order valence-electron chi connectivity index (χ0n) is 13.2. The monoisotopic (exact) mass is 364 g/mol. The van der Waals surface area contributed by atoms with Crippen LogP contribution in [0.1, 0.15) is 32.1 Å². The third kappa shape index (κ3) is 4.85. The summed E-state index contributed by atoms with van der Waals surface area (Å²) in [5, 5.41) is 2.88. The van der Waals surface area contributed by atoms with Gasteiger partial charge in [0.15, 0.2) is 4.34 Å². The second-order valence-electron chi connectivity index (χ2n) is 5.72. The smallest absolute Gasteiger partial charge is 0.333 e. The van der Waals surface area contributed by atoms with Crippen LogP contribution in [0.4, 0.5) is 4.79 Å². The molecule has 1 aliphatic rings. The fraction of sp³-hybridized carbons (Fsp3) is 0.438. The number of fused-ring (bicyclic) bond motifs is 1.